The Balaban J connectivity index is 1.61. The standard InChI is InChI=1S/C22H24N2OS/c1-17(21-13-8-16-26-21)24(2)15-14-22(25)23-20-12-7-6-11-19(20)18-9-4-3-5-10-18/h3-13,16-17H,14-15H2,1-2H3,(H,23,25). The summed E-state index contributed by atoms with van der Waals surface area (Å²) >= 11 is 1.75. The van der Waals surface area contributed by atoms with Crippen LogP contribution in [0.15, 0.2) is 72.1 Å². The van der Waals surface area contributed by atoms with Crippen molar-refractivity contribution < 1.29 is 4.79 Å². The molecule has 2 aromatic carbocycles. The lowest BCUT2D eigenvalue weighted by Gasteiger charge is -2.23. The van der Waals surface area contributed by atoms with Crippen molar-refractivity contribution in [3.8, 4) is 11.1 Å². The summed E-state index contributed by atoms with van der Waals surface area (Å²) in [6.45, 7) is 2.90. The van der Waals surface area contributed by atoms with E-state index in [9.17, 15) is 4.79 Å². The van der Waals surface area contributed by atoms with Gasteiger partial charge in [-0.2, -0.15) is 0 Å². The monoisotopic (exact) mass is 364 g/mol. The van der Waals surface area contributed by atoms with Crippen LogP contribution in [0.5, 0.6) is 0 Å². The predicted molar refractivity (Wildman–Crippen MR) is 110 cm³/mol. The van der Waals surface area contributed by atoms with Crippen LogP contribution in [0.25, 0.3) is 11.1 Å². The molecule has 3 nitrogen and oxygen atoms in total. The maximum absolute atomic E-state index is 12.5. The number of benzene rings is 2. The van der Waals surface area contributed by atoms with Crippen LogP contribution in [-0.4, -0.2) is 24.4 Å². The van der Waals surface area contributed by atoms with E-state index in [0.29, 0.717) is 12.5 Å². The fraction of sp³-hybridized carbons (Fsp3) is 0.227. The summed E-state index contributed by atoms with van der Waals surface area (Å²) < 4.78 is 0. The first-order valence-electron chi connectivity index (χ1n) is 8.83. The van der Waals surface area contributed by atoms with E-state index in [1.165, 1.54) is 4.88 Å². The van der Waals surface area contributed by atoms with E-state index in [0.717, 1.165) is 23.4 Å². The highest BCUT2D eigenvalue weighted by Gasteiger charge is 2.14. The van der Waals surface area contributed by atoms with Gasteiger partial charge in [0.05, 0.1) is 0 Å². The minimum atomic E-state index is 0.0404. The number of carbonyl (C=O) groups is 1. The average Bonchev–Trinajstić information content (AvgIpc) is 3.21. The van der Waals surface area contributed by atoms with Gasteiger partial charge in [-0.3, -0.25) is 9.69 Å². The van der Waals surface area contributed by atoms with Crippen molar-refractivity contribution >= 4 is 22.9 Å². The zero-order valence-electron chi connectivity index (χ0n) is 15.2. The SMILES string of the molecule is CC(c1cccs1)N(C)CCC(=O)Nc1ccccc1-c1ccccc1. The largest absolute Gasteiger partial charge is 0.325 e. The molecule has 0 saturated carbocycles. The number of anilines is 1. The third kappa shape index (κ3) is 4.59. The zero-order chi connectivity index (χ0) is 18.4. The maximum Gasteiger partial charge on any atom is 0.225 e. The molecule has 1 amide bonds. The van der Waals surface area contributed by atoms with Gasteiger partial charge in [-0.05, 0) is 37.0 Å². The van der Waals surface area contributed by atoms with Gasteiger partial charge in [-0.15, -0.1) is 11.3 Å². The summed E-state index contributed by atoms with van der Waals surface area (Å²) in [4.78, 5) is 16.0. The third-order valence-corrected chi connectivity index (χ3v) is 5.64. The molecule has 3 rings (SSSR count). The summed E-state index contributed by atoms with van der Waals surface area (Å²) in [6, 6.07) is 22.6. The minimum absolute atomic E-state index is 0.0404. The highest BCUT2D eigenvalue weighted by Crippen LogP contribution is 2.28. The van der Waals surface area contributed by atoms with Crippen LogP contribution in [0.3, 0.4) is 0 Å². The number of carbonyl (C=O) groups excluding carboxylic acids is 1. The number of para-hydroxylation sites is 1. The molecule has 0 spiro atoms. The van der Waals surface area contributed by atoms with Crippen molar-refractivity contribution in [2.75, 3.05) is 18.9 Å². The fourth-order valence-electron chi connectivity index (χ4n) is 2.89. The predicted octanol–water partition coefficient (Wildman–Crippen LogP) is 5.44. The molecule has 0 radical (unpaired) electrons. The highest BCUT2D eigenvalue weighted by molar-refractivity contribution is 7.10. The average molecular weight is 365 g/mol. The van der Waals surface area contributed by atoms with Crippen molar-refractivity contribution in [1.82, 2.24) is 4.90 Å². The second kappa shape index (κ2) is 8.79. The number of nitrogens with one attached hydrogen (secondary N) is 1. The molecule has 0 aliphatic heterocycles. The summed E-state index contributed by atoms with van der Waals surface area (Å²) in [5.41, 5.74) is 3.01. The molecular weight excluding hydrogens is 340 g/mol. The van der Waals surface area contributed by atoms with E-state index in [4.69, 9.17) is 0 Å². The van der Waals surface area contributed by atoms with E-state index in [1.807, 2.05) is 42.5 Å². The number of hydrogen-bond donors (Lipinski definition) is 1. The number of thiophene rings is 1. The molecule has 3 aromatic rings. The summed E-state index contributed by atoms with van der Waals surface area (Å²) in [5.74, 6) is 0.0404. The van der Waals surface area contributed by atoms with Crippen LogP contribution in [0.1, 0.15) is 24.3 Å². The van der Waals surface area contributed by atoms with E-state index >= 15 is 0 Å². The Bertz CT molecular complexity index is 830. The summed E-state index contributed by atoms with van der Waals surface area (Å²) in [5, 5.41) is 5.17. The Labute approximate surface area is 159 Å². The highest BCUT2D eigenvalue weighted by atomic mass is 32.1. The Morgan fingerprint density at radius 1 is 1.04 bits per heavy atom. The van der Waals surface area contributed by atoms with Crippen molar-refractivity contribution in [2.24, 2.45) is 0 Å². The normalized spacial score (nSPS) is 12.1. The Morgan fingerprint density at radius 2 is 1.77 bits per heavy atom. The molecule has 0 bridgehead atoms. The minimum Gasteiger partial charge on any atom is -0.325 e. The lowest BCUT2D eigenvalue weighted by atomic mass is 10.0. The topological polar surface area (TPSA) is 32.3 Å². The smallest absolute Gasteiger partial charge is 0.225 e. The van der Waals surface area contributed by atoms with E-state index < -0.39 is 0 Å². The third-order valence-electron chi connectivity index (χ3n) is 4.59. The van der Waals surface area contributed by atoms with E-state index in [-0.39, 0.29) is 5.91 Å². The summed E-state index contributed by atoms with van der Waals surface area (Å²) in [6.07, 6.45) is 0.468. The van der Waals surface area contributed by atoms with Crippen molar-refractivity contribution in [3.63, 3.8) is 0 Å². The van der Waals surface area contributed by atoms with Crippen molar-refractivity contribution in [2.45, 2.75) is 19.4 Å². The summed E-state index contributed by atoms with van der Waals surface area (Å²) in [7, 11) is 2.07. The molecule has 4 heteroatoms. The van der Waals surface area contributed by atoms with Crippen LogP contribution >= 0.6 is 11.3 Å². The quantitative estimate of drug-likeness (QED) is 0.606. The van der Waals surface area contributed by atoms with Crippen molar-refractivity contribution in [3.05, 3.63) is 77.0 Å². The Morgan fingerprint density at radius 3 is 2.50 bits per heavy atom. The van der Waals surface area contributed by atoms with Gasteiger partial charge in [-0.1, -0.05) is 54.6 Å². The molecule has 1 atom stereocenters. The first-order valence-corrected chi connectivity index (χ1v) is 9.71. The molecule has 1 N–H and O–H groups in total. The molecule has 0 aliphatic rings. The molecule has 0 fully saturated rings. The van der Waals surface area contributed by atoms with E-state index in [1.54, 1.807) is 11.3 Å². The molecule has 134 valence electrons. The number of amides is 1. The van der Waals surface area contributed by atoms with Crippen LogP contribution in [0.4, 0.5) is 5.69 Å². The van der Waals surface area contributed by atoms with Gasteiger partial charge in [0.1, 0.15) is 0 Å². The van der Waals surface area contributed by atoms with Crippen molar-refractivity contribution in [1.29, 1.82) is 0 Å². The second-order valence-corrected chi connectivity index (χ2v) is 7.36. The molecule has 1 heterocycles. The maximum atomic E-state index is 12.5. The van der Waals surface area contributed by atoms with Gasteiger partial charge in [-0.25, -0.2) is 0 Å². The van der Waals surface area contributed by atoms with Gasteiger partial charge in [0.2, 0.25) is 5.91 Å². The lowest BCUT2D eigenvalue weighted by Crippen LogP contribution is -2.26. The first kappa shape index (κ1) is 18.4. The van der Waals surface area contributed by atoms with Gasteiger partial charge in [0, 0.05) is 35.1 Å². The van der Waals surface area contributed by atoms with Gasteiger partial charge >= 0.3 is 0 Å². The molecule has 0 aliphatic carbocycles. The van der Waals surface area contributed by atoms with Gasteiger partial charge in [0.15, 0.2) is 0 Å². The van der Waals surface area contributed by atoms with Crippen LogP contribution in [-0.2, 0) is 4.79 Å². The molecule has 1 aromatic heterocycles. The number of rotatable bonds is 7. The second-order valence-electron chi connectivity index (χ2n) is 6.38. The van der Waals surface area contributed by atoms with Gasteiger partial charge in [0.25, 0.3) is 0 Å². The molecule has 1 unspecified atom stereocenters. The lowest BCUT2D eigenvalue weighted by molar-refractivity contribution is -0.116. The van der Waals surface area contributed by atoms with Crippen LogP contribution < -0.4 is 5.32 Å². The molecule has 0 saturated heterocycles. The van der Waals surface area contributed by atoms with Gasteiger partial charge < -0.3 is 5.32 Å². The number of hydrogen-bond acceptors (Lipinski definition) is 3. The molecule has 26 heavy (non-hydrogen) atoms. The van der Waals surface area contributed by atoms with E-state index in [2.05, 4.69) is 53.8 Å². The van der Waals surface area contributed by atoms with Crippen LogP contribution in [0.2, 0.25) is 0 Å². The molecular formula is C22H24N2OS. The fourth-order valence-corrected chi connectivity index (χ4v) is 3.74. The Hall–Kier alpha value is -2.43. The number of nitrogens with zero attached hydrogens (tertiary/aromatic N) is 1. The zero-order valence-corrected chi connectivity index (χ0v) is 16.0. The van der Waals surface area contributed by atoms with Crippen LogP contribution in [0, 0.1) is 0 Å². The Kier molecular flexibility index (Phi) is 6.21. The first-order chi connectivity index (χ1) is 12.6.